The van der Waals surface area contributed by atoms with E-state index in [1.807, 2.05) is 0 Å². The summed E-state index contributed by atoms with van der Waals surface area (Å²) in [7, 11) is 0. The molecule has 0 bridgehead atoms. The van der Waals surface area contributed by atoms with Gasteiger partial charge < -0.3 is 20.1 Å². The molecule has 2 N–H and O–H groups in total. The maximum Gasteiger partial charge on any atom is 0.0591 e. The first kappa shape index (κ1) is 14.8. The van der Waals surface area contributed by atoms with Gasteiger partial charge in [-0.05, 0) is 0 Å². The molecule has 0 saturated carbocycles. The number of nitrogens with one attached hydrogen (secondary N) is 2. The second-order valence-corrected chi connectivity index (χ2v) is 3.43. The SMILES string of the molecule is C1COCCN1.C1COCCN1.CCC. The van der Waals surface area contributed by atoms with Crippen molar-refractivity contribution in [2.24, 2.45) is 0 Å². The monoisotopic (exact) mass is 218 g/mol. The number of rotatable bonds is 0. The van der Waals surface area contributed by atoms with Crippen LogP contribution >= 0.6 is 0 Å². The van der Waals surface area contributed by atoms with Crippen LogP contribution in [0, 0.1) is 0 Å². The third-order valence-corrected chi connectivity index (χ3v) is 1.69. The highest BCUT2D eigenvalue weighted by Crippen LogP contribution is 1.77. The maximum atomic E-state index is 5.01. The maximum absolute atomic E-state index is 5.01. The highest BCUT2D eigenvalue weighted by molar-refractivity contribution is 4.50. The van der Waals surface area contributed by atoms with Crippen molar-refractivity contribution in [1.82, 2.24) is 10.6 Å². The van der Waals surface area contributed by atoms with Crippen LogP contribution in [0.1, 0.15) is 20.3 Å². The molecule has 0 amide bonds. The van der Waals surface area contributed by atoms with Crippen LogP contribution in [-0.4, -0.2) is 52.6 Å². The predicted octanol–water partition coefficient (Wildman–Crippen LogP) is 0.629. The molecule has 2 aliphatic rings. The zero-order chi connectivity index (χ0) is 11.2. The highest BCUT2D eigenvalue weighted by atomic mass is 16.5. The van der Waals surface area contributed by atoms with Crippen molar-refractivity contribution in [1.29, 1.82) is 0 Å². The molecular weight excluding hydrogens is 192 g/mol. The summed E-state index contributed by atoms with van der Waals surface area (Å²) in [4.78, 5) is 0. The largest absolute Gasteiger partial charge is 0.379 e. The molecule has 0 aromatic heterocycles. The summed E-state index contributed by atoms with van der Waals surface area (Å²) in [5.74, 6) is 0. The Morgan fingerprint density at radius 2 is 1.00 bits per heavy atom. The fourth-order valence-corrected chi connectivity index (χ4v) is 1.03. The molecule has 0 aliphatic carbocycles. The van der Waals surface area contributed by atoms with E-state index in [1.54, 1.807) is 0 Å². The van der Waals surface area contributed by atoms with E-state index < -0.39 is 0 Å². The van der Waals surface area contributed by atoms with E-state index >= 15 is 0 Å². The van der Waals surface area contributed by atoms with E-state index in [2.05, 4.69) is 24.5 Å². The summed E-state index contributed by atoms with van der Waals surface area (Å²) in [6, 6.07) is 0. The Hall–Kier alpha value is -0.160. The summed E-state index contributed by atoms with van der Waals surface area (Å²) >= 11 is 0. The molecule has 2 saturated heterocycles. The Morgan fingerprint density at radius 3 is 1.07 bits per heavy atom. The molecule has 15 heavy (non-hydrogen) atoms. The van der Waals surface area contributed by atoms with E-state index in [-0.39, 0.29) is 0 Å². The zero-order valence-corrected chi connectivity index (χ0v) is 10.2. The number of hydrogen-bond donors (Lipinski definition) is 2. The third-order valence-electron chi connectivity index (χ3n) is 1.69. The Bertz CT molecular complexity index is 69.7. The second-order valence-electron chi connectivity index (χ2n) is 3.43. The van der Waals surface area contributed by atoms with Crippen molar-refractivity contribution in [2.45, 2.75) is 20.3 Å². The molecule has 92 valence electrons. The topological polar surface area (TPSA) is 42.5 Å². The molecule has 2 heterocycles. The summed E-state index contributed by atoms with van der Waals surface area (Å²) in [5.41, 5.74) is 0. The van der Waals surface area contributed by atoms with Gasteiger partial charge in [0.2, 0.25) is 0 Å². The molecule has 2 rings (SSSR count). The highest BCUT2D eigenvalue weighted by Gasteiger charge is 1.93. The molecule has 0 aromatic carbocycles. The Labute approximate surface area is 93.7 Å². The van der Waals surface area contributed by atoms with Gasteiger partial charge in [0, 0.05) is 26.2 Å². The quantitative estimate of drug-likeness (QED) is 0.626. The zero-order valence-electron chi connectivity index (χ0n) is 10.2. The predicted molar refractivity (Wildman–Crippen MR) is 63.3 cm³/mol. The molecule has 4 nitrogen and oxygen atoms in total. The number of morpholine rings is 2. The first-order valence-corrected chi connectivity index (χ1v) is 5.98. The van der Waals surface area contributed by atoms with Gasteiger partial charge in [0.15, 0.2) is 0 Å². The minimum absolute atomic E-state index is 0.889. The van der Waals surface area contributed by atoms with Gasteiger partial charge >= 0.3 is 0 Å². The lowest BCUT2D eigenvalue weighted by Gasteiger charge is -2.10. The van der Waals surface area contributed by atoms with Crippen molar-refractivity contribution in [3.63, 3.8) is 0 Å². The molecule has 2 fully saturated rings. The minimum Gasteiger partial charge on any atom is -0.379 e. The lowest BCUT2D eigenvalue weighted by molar-refractivity contribution is 0.109. The summed E-state index contributed by atoms with van der Waals surface area (Å²) in [5, 5.41) is 6.32. The van der Waals surface area contributed by atoms with Gasteiger partial charge in [-0.3, -0.25) is 0 Å². The smallest absolute Gasteiger partial charge is 0.0591 e. The lowest BCUT2D eigenvalue weighted by Crippen LogP contribution is -2.30. The summed E-state index contributed by atoms with van der Waals surface area (Å²) in [6.07, 6.45) is 1.25. The standard InChI is InChI=1S/2C4H9NO.C3H8/c2*1-3-6-4-2-5-1;1-3-2/h2*5H,1-4H2;3H2,1-2H3. The number of ether oxygens (including phenoxy) is 2. The second kappa shape index (κ2) is 13.8. The molecule has 0 atom stereocenters. The van der Waals surface area contributed by atoms with Gasteiger partial charge in [-0.15, -0.1) is 0 Å². The molecule has 0 spiro atoms. The van der Waals surface area contributed by atoms with Gasteiger partial charge in [0.05, 0.1) is 26.4 Å². The molecular formula is C11H26N2O2. The van der Waals surface area contributed by atoms with Crippen molar-refractivity contribution in [2.75, 3.05) is 52.6 Å². The van der Waals surface area contributed by atoms with Gasteiger partial charge in [0.1, 0.15) is 0 Å². The Kier molecular flexibility index (Phi) is 13.7. The molecule has 4 heteroatoms. The molecule has 0 unspecified atom stereocenters. The third kappa shape index (κ3) is 13.8. The summed E-state index contributed by atoms with van der Waals surface area (Å²) < 4.78 is 10.0. The van der Waals surface area contributed by atoms with Crippen molar-refractivity contribution >= 4 is 0 Å². The van der Waals surface area contributed by atoms with Crippen molar-refractivity contribution < 1.29 is 9.47 Å². The summed E-state index contributed by atoms with van der Waals surface area (Å²) in [6.45, 7) is 11.9. The van der Waals surface area contributed by atoms with Crippen LogP contribution in [0.15, 0.2) is 0 Å². The van der Waals surface area contributed by atoms with E-state index in [0.717, 1.165) is 52.6 Å². The van der Waals surface area contributed by atoms with Crippen LogP contribution in [-0.2, 0) is 9.47 Å². The average Bonchev–Trinajstić information content (AvgIpc) is 2.35. The first-order chi connectivity index (χ1) is 7.41. The van der Waals surface area contributed by atoms with Gasteiger partial charge in [-0.2, -0.15) is 0 Å². The minimum atomic E-state index is 0.889. The molecule has 0 radical (unpaired) electrons. The van der Waals surface area contributed by atoms with Crippen LogP contribution in [0.4, 0.5) is 0 Å². The van der Waals surface area contributed by atoms with Gasteiger partial charge in [-0.25, -0.2) is 0 Å². The van der Waals surface area contributed by atoms with E-state index in [0.29, 0.717) is 0 Å². The fourth-order valence-electron chi connectivity index (χ4n) is 1.03. The van der Waals surface area contributed by atoms with Crippen molar-refractivity contribution in [3.05, 3.63) is 0 Å². The Morgan fingerprint density at radius 1 is 0.733 bits per heavy atom. The van der Waals surface area contributed by atoms with Gasteiger partial charge in [0.25, 0.3) is 0 Å². The van der Waals surface area contributed by atoms with Crippen LogP contribution in [0.5, 0.6) is 0 Å². The molecule has 2 aliphatic heterocycles. The van der Waals surface area contributed by atoms with E-state index in [9.17, 15) is 0 Å². The van der Waals surface area contributed by atoms with Gasteiger partial charge in [-0.1, -0.05) is 20.3 Å². The van der Waals surface area contributed by atoms with Crippen LogP contribution in [0.2, 0.25) is 0 Å². The Balaban J connectivity index is 0.000000210. The number of hydrogen-bond acceptors (Lipinski definition) is 4. The van der Waals surface area contributed by atoms with Crippen LogP contribution < -0.4 is 10.6 Å². The van der Waals surface area contributed by atoms with Crippen LogP contribution in [0.25, 0.3) is 0 Å². The fraction of sp³-hybridized carbons (Fsp3) is 1.00. The first-order valence-electron chi connectivity index (χ1n) is 5.98. The average molecular weight is 218 g/mol. The van der Waals surface area contributed by atoms with Crippen LogP contribution in [0.3, 0.4) is 0 Å². The van der Waals surface area contributed by atoms with Crippen molar-refractivity contribution in [3.8, 4) is 0 Å². The van der Waals surface area contributed by atoms with E-state index in [1.165, 1.54) is 6.42 Å². The lowest BCUT2D eigenvalue weighted by atomic mass is 10.5. The normalized spacial score (nSPS) is 20.4. The van der Waals surface area contributed by atoms with E-state index in [4.69, 9.17) is 9.47 Å². The molecule has 0 aromatic rings.